The van der Waals surface area contributed by atoms with Crippen LogP contribution in [-0.2, 0) is 9.47 Å². The number of ether oxygens (including phenoxy) is 3. The van der Waals surface area contributed by atoms with Crippen LogP contribution in [0.3, 0.4) is 0 Å². The number of carbonyl (C=O) groups is 1. The van der Waals surface area contributed by atoms with E-state index in [1.54, 1.807) is 7.11 Å². The third-order valence-electron chi connectivity index (χ3n) is 7.72. The first-order chi connectivity index (χ1) is 18.7. The Labute approximate surface area is 236 Å². The fourth-order valence-electron chi connectivity index (χ4n) is 5.85. The molecule has 5 heterocycles. The lowest BCUT2D eigenvalue weighted by Crippen LogP contribution is -2.37. The maximum absolute atomic E-state index is 12.7. The molecule has 0 aliphatic carbocycles. The first kappa shape index (κ1) is 26.3. The van der Waals surface area contributed by atoms with Crippen LogP contribution in [0.1, 0.15) is 46.3 Å². The minimum atomic E-state index is -0.498. The van der Waals surface area contributed by atoms with E-state index in [2.05, 4.69) is 25.4 Å². The Morgan fingerprint density at radius 3 is 2.51 bits per heavy atom. The van der Waals surface area contributed by atoms with E-state index in [0.29, 0.717) is 30.9 Å². The van der Waals surface area contributed by atoms with Gasteiger partial charge >= 0.3 is 6.09 Å². The molecule has 3 aromatic rings. The average molecular weight is 600 g/mol. The van der Waals surface area contributed by atoms with Crippen LogP contribution >= 0.6 is 15.9 Å². The maximum Gasteiger partial charge on any atom is 0.410 e. The number of rotatable bonds is 4. The largest absolute Gasteiger partial charge is 0.496 e. The Hall–Kier alpha value is -2.92. The van der Waals surface area contributed by atoms with Crippen LogP contribution < -0.4 is 9.64 Å². The number of nitrogens with zero attached hydrogens (tertiary/aromatic N) is 6. The van der Waals surface area contributed by atoms with Crippen LogP contribution in [0.15, 0.2) is 29.0 Å². The fourth-order valence-corrected chi connectivity index (χ4v) is 6.39. The number of carbonyl (C=O) groups excluding carboxylic acids is 1. The van der Waals surface area contributed by atoms with Crippen molar-refractivity contribution in [3.05, 3.63) is 29.0 Å². The van der Waals surface area contributed by atoms with E-state index in [0.717, 1.165) is 71.6 Å². The molecule has 3 unspecified atom stereocenters. The molecule has 0 spiro atoms. The van der Waals surface area contributed by atoms with Gasteiger partial charge in [-0.2, -0.15) is 4.98 Å². The maximum atomic E-state index is 12.7. The Balaban J connectivity index is 1.32. The van der Waals surface area contributed by atoms with Crippen LogP contribution in [0.4, 0.5) is 10.7 Å². The zero-order chi connectivity index (χ0) is 27.3. The highest BCUT2D eigenvalue weighted by molar-refractivity contribution is 9.10. The number of methoxy groups -OCH3 is 1. The molecule has 3 atom stereocenters. The van der Waals surface area contributed by atoms with Gasteiger partial charge in [-0.25, -0.2) is 14.8 Å². The quantitative estimate of drug-likeness (QED) is 0.401. The van der Waals surface area contributed by atoms with Gasteiger partial charge in [-0.3, -0.25) is 4.57 Å². The molecule has 2 aromatic heterocycles. The summed E-state index contributed by atoms with van der Waals surface area (Å²) in [4.78, 5) is 31.6. The predicted octanol–water partition coefficient (Wildman–Crippen LogP) is 5.27. The zero-order valence-corrected chi connectivity index (χ0v) is 24.5. The second kappa shape index (κ2) is 10.2. The molecule has 0 bridgehead atoms. The van der Waals surface area contributed by atoms with E-state index in [4.69, 9.17) is 29.2 Å². The summed E-state index contributed by atoms with van der Waals surface area (Å²) >= 11 is 3.62. The van der Waals surface area contributed by atoms with Crippen molar-refractivity contribution in [2.75, 3.05) is 44.8 Å². The highest BCUT2D eigenvalue weighted by atomic mass is 79.9. The SMILES string of the molecule is COc1ccc(-c2nc(N3CC4CN(C(=O)OC(C)(C)C)CC4C3)nc3c2ncn3C2CCCCO2)cc1Br. The van der Waals surface area contributed by atoms with Gasteiger partial charge in [-0.15, -0.1) is 0 Å². The summed E-state index contributed by atoms with van der Waals surface area (Å²) in [5, 5.41) is 0. The third-order valence-corrected chi connectivity index (χ3v) is 8.34. The highest BCUT2D eigenvalue weighted by Gasteiger charge is 2.43. The Kier molecular flexibility index (Phi) is 6.91. The van der Waals surface area contributed by atoms with Gasteiger partial charge in [0.1, 0.15) is 28.8 Å². The second-order valence-corrected chi connectivity index (χ2v) is 12.5. The summed E-state index contributed by atoms with van der Waals surface area (Å²) in [6.45, 7) is 9.39. The van der Waals surface area contributed by atoms with Gasteiger partial charge in [-0.1, -0.05) is 0 Å². The first-order valence-corrected chi connectivity index (χ1v) is 14.4. The van der Waals surface area contributed by atoms with Crippen LogP contribution in [0.2, 0.25) is 0 Å². The van der Waals surface area contributed by atoms with Crippen molar-refractivity contribution >= 4 is 39.1 Å². The summed E-state index contributed by atoms with van der Waals surface area (Å²) in [5.41, 5.74) is 2.74. The van der Waals surface area contributed by atoms with E-state index in [1.807, 2.05) is 50.2 Å². The van der Waals surface area contributed by atoms with E-state index < -0.39 is 5.60 Å². The Morgan fingerprint density at radius 2 is 1.87 bits per heavy atom. The summed E-state index contributed by atoms with van der Waals surface area (Å²) in [6, 6.07) is 5.94. The number of amides is 1. The van der Waals surface area contributed by atoms with Crippen LogP contribution in [-0.4, -0.2) is 76.0 Å². The summed E-state index contributed by atoms with van der Waals surface area (Å²) in [6.07, 6.45) is 4.64. The molecule has 11 heteroatoms. The lowest BCUT2D eigenvalue weighted by Gasteiger charge is -2.26. The van der Waals surface area contributed by atoms with Crippen molar-refractivity contribution in [2.24, 2.45) is 11.8 Å². The Morgan fingerprint density at radius 1 is 1.10 bits per heavy atom. The smallest absolute Gasteiger partial charge is 0.410 e. The van der Waals surface area contributed by atoms with Crippen LogP contribution in [0.25, 0.3) is 22.4 Å². The molecule has 0 radical (unpaired) electrons. The predicted molar refractivity (Wildman–Crippen MR) is 151 cm³/mol. The minimum absolute atomic E-state index is 0.0812. The molecule has 208 valence electrons. The van der Waals surface area contributed by atoms with Crippen molar-refractivity contribution in [1.82, 2.24) is 24.4 Å². The third kappa shape index (κ3) is 5.18. The molecule has 3 aliphatic rings. The van der Waals surface area contributed by atoms with Gasteiger partial charge in [0.25, 0.3) is 0 Å². The van der Waals surface area contributed by atoms with E-state index in [-0.39, 0.29) is 12.3 Å². The average Bonchev–Trinajstić information content (AvgIpc) is 3.61. The van der Waals surface area contributed by atoms with Crippen LogP contribution in [0.5, 0.6) is 5.75 Å². The highest BCUT2D eigenvalue weighted by Crippen LogP contribution is 2.38. The van der Waals surface area contributed by atoms with Crippen molar-refractivity contribution in [2.45, 2.75) is 51.9 Å². The molecule has 1 aromatic carbocycles. The zero-order valence-electron chi connectivity index (χ0n) is 22.9. The van der Waals surface area contributed by atoms with E-state index in [9.17, 15) is 4.79 Å². The molecule has 3 saturated heterocycles. The minimum Gasteiger partial charge on any atom is -0.496 e. The number of aromatic nitrogens is 4. The number of imidazole rings is 1. The number of likely N-dealkylation sites (tertiary alicyclic amines) is 1. The van der Waals surface area contributed by atoms with Gasteiger partial charge in [-0.05, 0) is 74.2 Å². The van der Waals surface area contributed by atoms with Crippen LogP contribution in [0, 0.1) is 11.8 Å². The summed E-state index contributed by atoms with van der Waals surface area (Å²) in [5.74, 6) is 2.14. The first-order valence-electron chi connectivity index (χ1n) is 13.6. The molecule has 0 saturated carbocycles. The number of hydrogen-bond acceptors (Lipinski definition) is 8. The van der Waals surface area contributed by atoms with Crippen molar-refractivity contribution in [3.63, 3.8) is 0 Å². The van der Waals surface area contributed by atoms with Gasteiger partial charge in [0.15, 0.2) is 5.65 Å². The molecule has 3 fully saturated rings. The van der Waals surface area contributed by atoms with Crippen molar-refractivity contribution in [3.8, 4) is 17.0 Å². The number of halogens is 1. The molecule has 0 N–H and O–H groups in total. The van der Waals surface area contributed by atoms with Gasteiger partial charge in [0.2, 0.25) is 5.95 Å². The normalized spacial score (nSPS) is 23.4. The number of benzene rings is 1. The lowest BCUT2D eigenvalue weighted by molar-refractivity contribution is -0.0298. The molecule has 1 amide bonds. The van der Waals surface area contributed by atoms with E-state index >= 15 is 0 Å². The van der Waals surface area contributed by atoms with Gasteiger partial charge in [0, 0.05) is 50.2 Å². The van der Waals surface area contributed by atoms with Gasteiger partial charge < -0.3 is 24.0 Å². The summed E-state index contributed by atoms with van der Waals surface area (Å²) in [7, 11) is 1.65. The number of fused-ring (bicyclic) bond motifs is 2. The monoisotopic (exact) mass is 598 g/mol. The topological polar surface area (TPSA) is 94.8 Å². The Bertz CT molecular complexity index is 1370. The molecule has 10 nitrogen and oxygen atoms in total. The fraction of sp³-hybridized carbons (Fsp3) is 0.571. The van der Waals surface area contributed by atoms with E-state index in [1.165, 1.54) is 0 Å². The second-order valence-electron chi connectivity index (χ2n) is 11.7. The molecule has 39 heavy (non-hydrogen) atoms. The van der Waals surface area contributed by atoms with Gasteiger partial charge in [0.05, 0.1) is 17.9 Å². The lowest BCUT2D eigenvalue weighted by atomic mass is 10.0. The molecule has 6 rings (SSSR count). The molecule has 3 aliphatic heterocycles. The number of anilines is 1. The van der Waals surface area contributed by atoms with Crippen molar-refractivity contribution < 1.29 is 19.0 Å². The molecular formula is C28H35BrN6O4. The molecular weight excluding hydrogens is 564 g/mol. The number of hydrogen-bond donors (Lipinski definition) is 0. The standard InChI is InChI=1S/C28H35BrN6O4/c1-28(2,3)39-27(36)34-14-18-12-33(13-19(18)15-34)26-31-23(17-8-9-21(37-4)20(29)11-17)24-25(32-26)35(16-30-24)22-7-5-6-10-38-22/h8-9,11,16,18-19,22H,5-7,10,12-15H2,1-4H3. The van der Waals surface area contributed by atoms with Crippen molar-refractivity contribution in [1.29, 1.82) is 0 Å². The summed E-state index contributed by atoms with van der Waals surface area (Å²) < 4.78 is 20.1.